The summed E-state index contributed by atoms with van der Waals surface area (Å²) in [5, 5.41) is 14.5. The van der Waals surface area contributed by atoms with E-state index in [0.717, 1.165) is 17.0 Å². The topological polar surface area (TPSA) is 91.2 Å². The average Bonchev–Trinajstić information content (AvgIpc) is 3.50. The van der Waals surface area contributed by atoms with E-state index in [0.29, 0.717) is 34.0 Å². The number of anilines is 1. The molecule has 1 amide bonds. The summed E-state index contributed by atoms with van der Waals surface area (Å²) in [5.74, 6) is 2.10. The molecule has 0 bridgehead atoms. The highest BCUT2D eigenvalue weighted by molar-refractivity contribution is 7.99. The highest BCUT2D eigenvalue weighted by Gasteiger charge is 2.16. The molecule has 0 saturated carbocycles. The maximum atomic E-state index is 12.6. The van der Waals surface area contributed by atoms with E-state index in [2.05, 4.69) is 27.1 Å². The highest BCUT2D eigenvalue weighted by Crippen LogP contribution is 2.35. The van der Waals surface area contributed by atoms with Crippen LogP contribution < -0.4 is 14.8 Å². The molecule has 0 radical (unpaired) electrons. The minimum absolute atomic E-state index is 0.168. The van der Waals surface area contributed by atoms with Crippen LogP contribution in [0.3, 0.4) is 0 Å². The van der Waals surface area contributed by atoms with Crippen LogP contribution in [0.25, 0.3) is 22.6 Å². The molecule has 0 fully saturated rings. The molecule has 0 saturated heterocycles. The molecule has 0 aliphatic heterocycles. The van der Waals surface area contributed by atoms with Crippen LogP contribution in [0.4, 0.5) is 5.13 Å². The van der Waals surface area contributed by atoms with Gasteiger partial charge < -0.3 is 14.8 Å². The molecule has 0 spiro atoms. The molecule has 4 aromatic rings. The van der Waals surface area contributed by atoms with Gasteiger partial charge in [0, 0.05) is 23.1 Å². The molecule has 2 aromatic carbocycles. The molecule has 174 valence electrons. The van der Waals surface area contributed by atoms with Crippen LogP contribution in [-0.4, -0.2) is 45.6 Å². The van der Waals surface area contributed by atoms with Gasteiger partial charge >= 0.3 is 0 Å². The van der Waals surface area contributed by atoms with E-state index in [4.69, 9.17) is 9.47 Å². The number of carbonyl (C=O) groups excluding carboxylic acids is 1. The molecule has 0 aliphatic carbocycles. The summed E-state index contributed by atoms with van der Waals surface area (Å²) in [6, 6.07) is 15.3. The maximum absolute atomic E-state index is 12.6. The highest BCUT2D eigenvalue weighted by atomic mass is 32.2. The molecule has 0 aliphatic rings. The fourth-order valence-corrected chi connectivity index (χ4v) is 4.72. The first kappa shape index (κ1) is 23.5. The van der Waals surface area contributed by atoms with Gasteiger partial charge in [-0.25, -0.2) is 4.98 Å². The smallest absolute Gasteiger partial charge is 0.236 e. The van der Waals surface area contributed by atoms with Crippen molar-refractivity contribution in [2.24, 2.45) is 0 Å². The lowest BCUT2D eigenvalue weighted by Gasteiger charge is -2.08. The largest absolute Gasteiger partial charge is 0.497 e. The van der Waals surface area contributed by atoms with E-state index in [1.54, 1.807) is 20.3 Å². The molecule has 4 rings (SSSR count). The van der Waals surface area contributed by atoms with E-state index < -0.39 is 0 Å². The van der Waals surface area contributed by atoms with Crippen LogP contribution in [0.5, 0.6) is 11.5 Å². The normalized spacial score (nSPS) is 10.6. The van der Waals surface area contributed by atoms with Crippen molar-refractivity contribution < 1.29 is 14.3 Å². The fourth-order valence-electron chi connectivity index (χ4n) is 3.24. The number of carbonyl (C=O) groups is 1. The van der Waals surface area contributed by atoms with Crippen molar-refractivity contribution >= 4 is 34.1 Å². The Kier molecular flexibility index (Phi) is 7.61. The van der Waals surface area contributed by atoms with Crippen LogP contribution >= 0.6 is 23.1 Å². The van der Waals surface area contributed by atoms with Gasteiger partial charge in [0.05, 0.1) is 25.7 Å². The van der Waals surface area contributed by atoms with Gasteiger partial charge in [0.15, 0.2) is 16.1 Å². The average molecular weight is 494 g/mol. The van der Waals surface area contributed by atoms with Crippen molar-refractivity contribution in [3.05, 3.63) is 66.6 Å². The van der Waals surface area contributed by atoms with Crippen LogP contribution in [0.15, 0.2) is 71.7 Å². The minimum atomic E-state index is -0.182. The van der Waals surface area contributed by atoms with E-state index in [-0.39, 0.29) is 11.7 Å². The summed E-state index contributed by atoms with van der Waals surface area (Å²) < 4.78 is 12.7. The number of rotatable bonds is 10. The van der Waals surface area contributed by atoms with Crippen molar-refractivity contribution in [2.75, 3.05) is 25.3 Å². The number of thiazole rings is 1. The molecule has 2 aromatic heterocycles. The van der Waals surface area contributed by atoms with E-state index in [1.807, 2.05) is 58.5 Å². The number of hydrogen-bond acceptors (Lipinski definition) is 8. The molecule has 10 heteroatoms. The predicted molar refractivity (Wildman–Crippen MR) is 136 cm³/mol. The van der Waals surface area contributed by atoms with Gasteiger partial charge in [0.25, 0.3) is 0 Å². The standard InChI is InChI=1S/C24H23N5O3S2/c1-4-12-29-22(16-8-6-5-7-9-16)27-28-24(29)34-15-21(30)26-23-25-19(14-33-23)18-13-17(31-2)10-11-20(18)32-3/h4-11,13-14H,1,12,15H2,2-3H3,(H,25,26,30). The Bertz CT molecular complexity index is 1290. The van der Waals surface area contributed by atoms with Gasteiger partial charge in [-0.1, -0.05) is 48.2 Å². The summed E-state index contributed by atoms with van der Waals surface area (Å²) in [4.78, 5) is 17.2. The number of ether oxygens (including phenoxy) is 2. The molecule has 0 unspecified atom stereocenters. The summed E-state index contributed by atoms with van der Waals surface area (Å²) >= 11 is 2.66. The maximum Gasteiger partial charge on any atom is 0.236 e. The molecule has 1 N–H and O–H groups in total. The van der Waals surface area contributed by atoms with Crippen molar-refractivity contribution in [1.29, 1.82) is 0 Å². The Hall–Kier alpha value is -3.63. The van der Waals surface area contributed by atoms with Crippen LogP contribution in [-0.2, 0) is 11.3 Å². The number of allylic oxidation sites excluding steroid dienone is 1. The third-order valence-electron chi connectivity index (χ3n) is 4.83. The second-order valence-electron chi connectivity index (χ2n) is 7.01. The first-order valence-electron chi connectivity index (χ1n) is 10.3. The summed E-state index contributed by atoms with van der Waals surface area (Å²) in [5.41, 5.74) is 2.44. The van der Waals surface area contributed by atoms with Gasteiger partial charge in [-0.3, -0.25) is 9.36 Å². The lowest BCUT2D eigenvalue weighted by Crippen LogP contribution is -2.14. The van der Waals surface area contributed by atoms with Crippen molar-refractivity contribution in [1.82, 2.24) is 19.7 Å². The Morgan fingerprint density at radius 2 is 2.00 bits per heavy atom. The summed E-state index contributed by atoms with van der Waals surface area (Å²) in [6.07, 6.45) is 1.78. The molecule has 2 heterocycles. The predicted octanol–water partition coefficient (Wildman–Crippen LogP) is 5.00. The third kappa shape index (κ3) is 5.29. The Morgan fingerprint density at radius 3 is 2.74 bits per heavy atom. The van der Waals surface area contributed by atoms with Crippen molar-refractivity contribution in [3.8, 4) is 34.1 Å². The van der Waals surface area contributed by atoms with Crippen LogP contribution in [0.2, 0.25) is 0 Å². The van der Waals surface area contributed by atoms with E-state index in [1.165, 1.54) is 23.1 Å². The fraction of sp³-hybridized carbons (Fsp3) is 0.167. The first-order chi connectivity index (χ1) is 16.6. The second-order valence-corrected chi connectivity index (χ2v) is 8.81. The van der Waals surface area contributed by atoms with Crippen molar-refractivity contribution in [2.45, 2.75) is 11.7 Å². The number of hydrogen-bond donors (Lipinski definition) is 1. The number of nitrogens with zero attached hydrogens (tertiary/aromatic N) is 4. The zero-order valence-corrected chi connectivity index (χ0v) is 20.4. The quantitative estimate of drug-likeness (QED) is 0.245. The SMILES string of the molecule is C=CCn1c(SCC(=O)Nc2nc(-c3cc(OC)ccc3OC)cs2)nnc1-c1ccccc1. The Labute approximate surface area is 205 Å². The van der Waals surface area contributed by atoms with Gasteiger partial charge in [-0.15, -0.1) is 28.1 Å². The molecule has 34 heavy (non-hydrogen) atoms. The first-order valence-corrected chi connectivity index (χ1v) is 12.2. The zero-order valence-electron chi connectivity index (χ0n) is 18.7. The van der Waals surface area contributed by atoms with E-state index >= 15 is 0 Å². The van der Waals surface area contributed by atoms with Gasteiger partial charge in [-0.2, -0.15) is 0 Å². The summed E-state index contributed by atoms with van der Waals surface area (Å²) in [6.45, 7) is 4.37. The van der Waals surface area contributed by atoms with Crippen molar-refractivity contribution in [3.63, 3.8) is 0 Å². The number of aromatic nitrogens is 4. The van der Waals surface area contributed by atoms with Gasteiger partial charge in [0.2, 0.25) is 5.91 Å². The second kappa shape index (κ2) is 11.0. The van der Waals surface area contributed by atoms with Gasteiger partial charge in [-0.05, 0) is 18.2 Å². The summed E-state index contributed by atoms with van der Waals surface area (Å²) in [7, 11) is 3.21. The van der Waals surface area contributed by atoms with Gasteiger partial charge in [0.1, 0.15) is 11.5 Å². The third-order valence-corrected chi connectivity index (χ3v) is 6.55. The zero-order chi connectivity index (χ0) is 23.9. The monoisotopic (exact) mass is 493 g/mol. The number of methoxy groups -OCH3 is 2. The number of nitrogens with one attached hydrogen (secondary N) is 1. The number of benzene rings is 2. The Balaban J connectivity index is 1.44. The molecule has 8 nitrogen and oxygen atoms in total. The Morgan fingerprint density at radius 1 is 1.18 bits per heavy atom. The number of thioether (sulfide) groups is 1. The lowest BCUT2D eigenvalue weighted by atomic mass is 10.1. The lowest BCUT2D eigenvalue weighted by molar-refractivity contribution is -0.113. The van der Waals surface area contributed by atoms with Crippen LogP contribution in [0, 0.1) is 0 Å². The molecule has 0 atom stereocenters. The number of amides is 1. The van der Waals surface area contributed by atoms with Crippen LogP contribution in [0.1, 0.15) is 0 Å². The molecular weight excluding hydrogens is 470 g/mol. The molecular formula is C24H23N5O3S2. The van der Waals surface area contributed by atoms with E-state index in [9.17, 15) is 4.79 Å². The minimum Gasteiger partial charge on any atom is -0.497 e.